The van der Waals surface area contributed by atoms with Crippen LogP contribution < -0.4 is 0 Å². The van der Waals surface area contributed by atoms with Gasteiger partial charge in [-0.1, -0.05) is 35.8 Å². The van der Waals surface area contributed by atoms with E-state index in [1.54, 1.807) is 0 Å². The second kappa shape index (κ2) is 4.01. The van der Waals surface area contributed by atoms with Crippen LogP contribution in [0.1, 0.15) is 46.5 Å². The molecule has 6 unspecified atom stereocenters. The van der Waals surface area contributed by atoms with Crippen molar-refractivity contribution in [3.05, 3.63) is 11.6 Å². The van der Waals surface area contributed by atoms with Crippen LogP contribution in [0.2, 0.25) is 0 Å². The molecule has 0 radical (unpaired) electrons. The van der Waals surface area contributed by atoms with Crippen LogP contribution in [0.3, 0.4) is 0 Å². The van der Waals surface area contributed by atoms with Crippen LogP contribution in [-0.2, 0) is 4.52 Å². The molecular formula is C14H24O2P2. The zero-order valence-electron chi connectivity index (χ0n) is 11.5. The lowest BCUT2D eigenvalue weighted by atomic mass is 9.52. The van der Waals surface area contributed by atoms with E-state index in [0.717, 1.165) is 12.8 Å². The smallest absolute Gasteiger partial charge is 0.113 e. The van der Waals surface area contributed by atoms with Crippen molar-refractivity contribution in [2.45, 2.75) is 58.2 Å². The van der Waals surface area contributed by atoms with E-state index in [1.807, 2.05) is 0 Å². The average molecular weight is 286 g/mol. The van der Waals surface area contributed by atoms with Crippen molar-refractivity contribution >= 4 is 17.4 Å². The van der Waals surface area contributed by atoms with Crippen molar-refractivity contribution in [1.29, 1.82) is 0 Å². The summed E-state index contributed by atoms with van der Waals surface area (Å²) in [4.78, 5) is 0. The molecule has 3 rings (SSSR count). The summed E-state index contributed by atoms with van der Waals surface area (Å²) in [6, 6.07) is 0. The fourth-order valence-corrected chi connectivity index (χ4v) is 5.83. The van der Waals surface area contributed by atoms with Crippen LogP contribution in [0, 0.1) is 16.7 Å². The monoisotopic (exact) mass is 286 g/mol. The summed E-state index contributed by atoms with van der Waals surface area (Å²) < 4.78 is 6.01. The van der Waals surface area contributed by atoms with Gasteiger partial charge in [0.15, 0.2) is 0 Å². The van der Waals surface area contributed by atoms with Gasteiger partial charge < -0.3 is 9.63 Å². The molecule has 2 saturated carbocycles. The van der Waals surface area contributed by atoms with Gasteiger partial charge in [0.05, 0.1) is 6.10 Å². The van der Waals surface area contributed by atoms with Gasteiger partial charge in [-0.05, 0) is 48.0 Å². The predicted octanol–water partition coefficient (Wildman–Crippen LogP) is 3.66. The topological polar surface area (TPSA) is 29.5 Å². The van der Waals surface area contributed by atoms with Crippen LogP contribution >= 0.6 is 17.4 Å². The SMILES string of the molecule is CC12CCC(C(OPP)C3(O)CCC=C31)C2(C)C. The van der Waals surface area contributed by atoms with E-state index in [0.29, 0.717) is 14.4 Å². The van der Waals surface area contributed by atoms with Gasteiger partial charge in [0.25, 0.3) is 0 Å². The summed E-state index contributed by atoms with van der Waals surface area (Å²) >= 11 is 0. The molecule has 2 fully saturated rings. The minimum atomic E-state index is -0.686. The van der Waals surface area contributed by atoms with E-state index >= 15 is 0 Å². The molecule has 3 aliphatic rings. The molecule has 1 N–H and O–H groups in total. The number of hydrogen-bond donors (Lipinski definition) is 1. The van der Waals surface area contributed by atoms with Crippen LogP contribution in [0.4, 0.5) is 0 Å². The van der Waals surface area contributed by atoms with Gasteiger partial charge in [-0.15, -0.1) is 0 Å². The summed E-state index contributed by atoms with van der Waals surface area (Å²) in [5, 5.41) is 11.2. The third kappa shape index (κ3) is 1.39. The molecule has 0 aromatic rings. The Balaban J connectivity index is 2.13. The summed E-state index contributed by atoms with van der Waals surface area (Å²) in [5.74, 6) is 0.482. The molecule has 2 nitrogen and oxygen atoms in total. The van der Waals surface area contributed by atoms with E-state index in [-0.39, 0.29) is 16.9 Å². The van der Waals surface area contributed by atoms with Gasteiger partial charge in [0.2, 0.25) is 0 Å². The van der Waals surface area contributed by atoms with Crippen molar-refractivity contribution in [3.63, 3.8) is 0 Å². The molecule has 4 heteroatoms. The highest BCUT2D eigenvalue weighted by atomic mass is 32.0. The van der Waals surface area contributed by atoms with Gasteiger partial charge in [-0.3, -0.25) is 0 Å². The first-order chi connectivity index (χ1) is 8.38. The van der Waals surface area contributed by atoms with Gasteiger partial charge in [-0.2, -0.15) is 0 Å². The molecule has 3 aliphatic carbocycles. The van der Waals surface area contributed by atoms with Crippen molar-refractivity contribution in [2.75, 3.05) is 0 Å². The molecule has 102 valence electrons. The molecule has 0 saturated heterocycles. The molecule has 0 aliphatic heterocycles. The quantitative estimate of drug-likeness (QED) is 0.620. The largest absolute Gasteiger partial charge is 0.383 e. The predicted molar refractivity (Wildman–Crippen MR) is 79.8 cm³/mol. The lowest BCUT2D eigenvalue weighted by Gasteiger charge is -2.56. The first kappa shape index (κ1) is 13.5. The number of aliphatic hydroxyl groups is 1. The average Bonchev–Trinajstić information content (AvgIpc) is 2.76. The Kier molecular flexibility index (Phi) is 3.01. The maximum absolute atomic E-state index is 11.2. The molecule has 0 heterocycles. The van der Waals surface area contributed by atoms with Crippen LogP contribution in [0.5, 0.6) is 0 Å². The minimum absolute atomic E-state index is 0.00680. The maximum Gasteiger partial charge on any atom is 0.113 e. The number of allylic oxidation sites excluding steroid dienone is 1. The maximum atomic E-state index is 11.2. The normalized spacial score (nSPS) is 49.7. The molecule has 0 spiro atoms. The van der Waals surface area contributed by atoms with Gasteiger partial charge in [-0.25, -0.2) is 0 Å². The molecule has 2 bridgehead atoms. The third-order valence-electron chi connectivity index (χ3n) is 6.27. The van der Waals surface area contributed by atoms with E-state index in [9.17, 15) is 5.11 Å². The Labute approximate surface area is 114 Å². The molecule has 0 aromatic carbocycles. The van der Waals surface area contributed by atoms with Gasteiger partial charge >= 0.3 is 0 Å². The van der Waals surface area contributed by atoms with Crippen LogP contribution in [0.15, 0.2) is 11.6 Å². The zero-order valence-corrected chi connectivity index (χ0v) is 13.6. The number of fused-ring (bicyclic) bond motifs is 4. The summed E-state index contributed by atoms with van der Waals surface area (Å²) in [6.07, 6.45) is 6.52. The Bertz CT molecular complexity index is 407. The molecule has 0 amide bonds. The Morgan fingerprint density at radius 2 is 2.11 bits per heavy atom. The van der Waals surface area contributed by atoms with Crippen molar-refractivity contribution in [2.24, 2.45) is 16.7 Å². The van der Waals surface area contributed by atoms with Crippen molar-refractivity contribution < 1.29 is 9.63 Å². The van der Waals surface area contributed by atoms with Gasteiger partial charge in [0.1, 0.15) is 5.60 Å². The summed E-state index contributed by atoms with van der Waals surface area (Å²) in [5.41, 5.74) is 0.980. The summed E-state index contributed by atoms with van der Waals surface area (Å²) in [7, 11) is 3.04. The molecule has 18 heavy (non-hydrogen) atoms. The third-order valence-corrected chi connectivity index (χ3v) is 7.07. The standard InChI is InChI=1S/C14H24O2P2/c1-12(2)9-6-8-13(12,3)10-5-4-7-14(10,15)11(9)16-18-17/h5,9,11,15,18H,4,6-8,17H2,1-3H3. The number of hydrogen-bond acceptors (Lipinski definition) is 2. The summed E-state index contributed by atoms with van der Waals surface area (Å²) in [6.45, 7) is 7.09. The van der Waals surface area contributed by atoms with E-state index in [1.165, 1.54) is 18.4 Å². The Morgan fingerprint density at radius 3 is 2.78 bits per heavy atom. The second-order valence-corrected chi connectivity index (χ2v) is 8.11. The number of rotatable bonds is 2. The van der Waals surface area contributed by atoms with Crippen LogP contribution in [0.25, 0.3) is 0 Å². The molecule has 6 atom stereocenters. The zero-order chi connectivity index (χ0) is 13.2. The van der Waals surface area contributed by atoms with Crippen molar-refractivity contribution in [3.8, 4) is 0 Å². The highest BCUT2D eigenvalue weighted by Gasteiger charge is 2.68. The Hall–Kier alpha value is 0.520. The molecule has 0 aromatic heterocycles. The minimum Gasteiger partial charge on any atom is -0.383 e. The first-order valence-corrected chi connectivity index (χ1v) is 9.64. The fourth-order valence-electron chi connectivity index (χ4n) is 4.88. The molecular weight excluding hydrogens is 262 g/mol. The van der Waals surface area contributed by atoms with E-state index in [4.69, 9.17) is 4.52 Å². The Morgan fingerprint density at radius 1 is 1.39 bits per heavy atom. The lowest BCUT2D eigenvalue weighted by molar-refractivity contribution is -0.124. The lowest BCUT2D eigenvalue weighted by Crippen LogP contribution is -2.59. The first-order valence-electron chi connectivity index (χ1n) is 6.93. The van der Waals surface area contributed by atoms with E-state index in [2.05, 4.69) is 35.8 Å². The highest BCUT2D eigenvalue weighted by molar-refractivity contribution is 8.00. The van der Waals surface area contributed by atoms with Crippen molar-refractivity contribution in [1.82, 2.24) is 0 Å². The highest BCUT2D eigenvalue weighted by Crippen LogP contribution is 2.70. The second-order valence-electron chi connectivity index (χ2n) is 6.94. The van der Waals surface area contributed by atoms with Crippen LogP contribution in [-0.4, -0.2) is 16.8 Å². The van der Waals surface area contributed by atoms with Gasteiger partial charge in [0, 0.05) is 8.50 Å². The van der Waals surface area contributed by atoms with E-state index < -0.39 is 5.60 Å². The fraction of sp³-hybridized carbons (Fsp3) is 0.857.